The number of amides is 1. The van der Waals surface area contributed by atoms with Crippen molar-refractivity contribution in [1.82, 2.24) is 24.5 Å². The number of carbonyl (C=O) groups excluding carboxylic acids is 1. The summed E-state index contributed by atoms with van der Waals surface area (Å²) < 4.78 is 8.18. The highest BCUT2D eigenvalue weighted by molar-refractivity contribution is 5.90. The summed E-state index contributed by atoms with van der Waals surface area (Å²) in [5, 5.41) is 10.8. The Labute approximate surface area is 178 Å². The van der Waals surface area contributed by atoms with Gasteiger partial charge < -0.3 is 10.1 Å². The van der Waals surface area contributed by atoms with Gasteiger partial charge in [0, 0.05) is 5.69 Å². The van der Waals surface area contributed by atoms with E-state index >= 15 is 0 Å². The van der Waals surface area contributed by atoms with Crippen LogP contribution in [0.4, 0.5) is 5.69 Å². The van der Waals surface area contributed by atoms with Gasteiger partial charge in [-0.1, -0.05) is 35.0 Å². The van der Waals surface area contributed by atoms with E-state index in [0.29, 0.717) is 24.5 Å². The van der Waals surface area contributed by atoms with Gasteiger partial charge in [-0.25, -0.2) is 9.67 Å². The monoisotopic (exact) mass is 418 g/mol. The van der Waals surface area contributed by atoms with Crippen molar-refractivity contribution >= 4 is 22.8 Å². The van der Waals surface area contributed by atoms with E-state index in [4.69, 9.17) is 4.74 Å². The molecule has 0 radical (unpaired) electrons. The highest BCUT2D eigenvalue weighted by Gasteiger charge is 2.14. The van der Waals surface area contributed by atoms with E-state index in [9.17, 15) is 9.59 Å². The maximum atomic E-state index is 12.8. The van der Waals surface area contributed by atoms with Crippen LogP contribution in [0, 0.1) is 6.92 Å². The van der Waals surface area contributed by atoms with Crippen molar-refractivity contribution in [3.63, 3.8) is 0 Å². The summed E-state index contributed by atoms with van der Waals surface area (Å²) in [5.74, 6) is 0.375. The summed E-state index contributed by atoms with van der Waals surface area (Å²) in [6.07, 6.45) is 1.34. The molecule has 0 saturated carbocycles. The Morgan fingerprint density at radius 1 is 1.10 bits per heavy atom. The third-order valence-electron chi connectivity index (χ3n) is 4.71. The number of fused-ring (bicyclic) bond motifs is 1. The maximum Gasteiger partial charge on any atom is 0.283 e. The zero-order chi connectivity index (χ0) is 21.8. The molecule has 0 aliphatic rings. The minimum atomic E-state index is -0.415. The number of aromatic nitrogens is 5. The van der Waals surface area contributed by atoms with E-state index in [1.165, 1.54) is 10.9 Å². The smallest absolute Gasteiger partial charge is 0.283 e. The van der Waals surface area contributed by atoms with Gasteiger partial charge in [0.25, 0.3) is 5.56 Å². The van der Waals surface area contributed by atoms with E-state index in [1.807, 2.05) is 38.1 Å². The van der Waals surface area contributed by atoms with Crippen molar-refractivity contribution in [3.05, 3.63) is 76.3 Å². The maximum absolute atomic E-state index is 12.8. The molecule has 1 N–H and O–H groups in total. The van der Waals surface area contributed by atoms with E-state index in [1.54, 1.807) is 28.9 Å². The Hall–Kier alpha value is -4.01. The first-order chi connectivity index (χ1) is 15.0. The molecule has 0 atom stereocenters. The minimum absolute atomic E-state index is 0.128. The standard InChI is InChI=1S/C22H22N6O3/c1-3-31-18-10-8-17(9-11-18)24-19(29)13-27-14-23-21-20(22(27)30)25-26-28(21)12-16-6-4-15(2)5-7-16/h4-11,14H,3,12-13H2,1-2H3,(H,24,29). The van der Waals surface area contributed by atoms with Crippen LogP contribution in [0.3, 0.4) is 0 Å². The lowest BCUT2D eigenvalue weighted by atomic mass is 10.1. The summed E-state index contributed by atoms with van der Waals surface area (Å²) in [7, 11) is 0. The highest BCUT2D eigenvalue weighted by atomic mass is 16.5. The van der Waals surface area contributed by atoms with E-state index in [-0.39, 0.29) is 18.0 Å². The van der Waals surface area contributed by atoms with Gasteiger partial charge in [0.05, 0.1) is 13.2 Å². The molecule has 9 nitrogen and oxygen atoms in total. The summed E-state index contributed by atoms with van der Waals surface area (Å²) in [6, 6.07) is 15.0. The Balaban J connectivity index is 1.48. The normalized spacial score (nSPS) is 10.9. The number of benzene rings is 2. The van der Waals surface area contributed by atoms with Gasteiger partial charge in [0.15, 0.2) is 11.2 Å². The summed E-state index contributed by atoms with van der Waals surface area (Å²) >= 11 is 0. The fourth-order valence-electron chi connectivity index (χ4n) is 3.13. The van der Waals surface area contributed by atoms with E-state index in [0.717, 1.165) is 16.9 Å². The summed E-state index contributed by atoms with van der Waals surface area (Å²) in [6.45, 7) is 4.76. The second-order valence-corrected chi connectivity index (χ2v) is 7.09. The summed E-state index contributed by atoms with van der Waals surface area (Å²) in [5.41, 5.74) is 2.90. The molecule has 9 heteroatoms. The minimum Gasteiger partial charge on any atom is -0.494 e. The summed E-state index contributed by atoms with van der Waals surface area (Å²) in [4.78, 5) is 29.4. The molecule has 0 aliphatic heterocycles. The van der Waals surface area contributed by atoms with Gasteiger partial charge in [-0.15, -0.1) is 5.10 Å². The lowest BCUT2D eigenvalue weighted by Gasteiger charge is -2.08. The van der Waals surface area contributed by atoms with Gasteiger partial charge in [0.1, 0.15) is 18.6 Å². The van der Waals surface area contributed by atoms with Gasteiger partial charge in [-0.3, -0.25) is 14.2 Å². The fraction of sp³-hybridized carbons (Fsp3) is 0.227. The molecule has 1 amide bonds. The van der Waals surface area contributed by atoms with E-state index in [2.05, 4.69) is 20.6 Å². The number of ether oxygens (including phenoxy) is 1. The first-order valence-electron chi connectivity index (χ1n) is 9.90. The number of hydrogen-bond acceptors (Lipinski definition) is 6. The number of hydrogen-bond donors (Lipinski definition) is 1. The molecule has 31 heavy (non-hydrogen) atoms. The second kappa shape index (κ2) is 8.78. The molecular weight excluding hydrogens is 396 g/mol. The molecule has 2 aromatic carbocycles. The predicted molar refractivity (Wildman–Crippen MR) is 116 cm³/mol. The number of carbonyl (C=O) groups is 1. The number of rotatable bonds is 7. The molecule has 2 heterocycles. The Bertz CT molecular complexity index is 1260. The molecule has 0 fully saturated rings. The van der Waals surface area contributed by atoms with Gasteiger partial charge in [-0.2, -0.15) is 0 Å². The number of anilines is 1. The third kappa shape index (κ3) is 4.61. The van der Waals surface area contributed by atoms with Crippen LogP contribution in [0.1, 0.15) is 18.1 Å². The zero-order valence-electron chi connectivity index (χ0n) is 17.3. The van der Waals surface area contributed by atoms with Crippen LogP contribution >= 0.6 is 0 Å². The molecule has 0 aliphatic carbocycles. The number of nitrogens with one attached hydrogen (secondary N) is 1. The molecule has 0 spiro atoms. The Kier molecular flexibility index (Phi) is 5.74. The molecule has 158 valence electrons. The first kappa shape index (κ1) is 20.3. The number of aryl methyl sites for hydroxylation is 1. The second-order valence-electron chi connectivity index (χ2n) is 7.09. The van der Waals surface area contributed by atoms with Gasteiger partial charge in [0.2, 0.25) is 5.91 Å². The van der Waals surface area contributed by atoms with Crippen LogP contribution in [-0.2, 0) is 17.9 Å². The van der Waals surface area contributed by atoms with Crippen LogP contribution < -0.4 is 15.6 Å². The number of nitrogens with zero attached hydrogens (tertiary/aromatic N) is 5. The van der Waals surface area contributed by atoms with Gasteiger partial charge >= 0.3 is 0 Å². The molecule has 2 aromatic heterocycles. The van der Waals surface area contributed by atoms with Crippen molar-refractivity contribution in [3.8, 4) is 5.75 Å². The lowest BCUT2D eigenvalue weighted by molar-refractivity contribution is -0.116. The van der Waals surface area contributed by atoms with Crippen molar-refractivity contribution in [1.29, 1.82) is 0 Å². The van der Waals surface area contributed by atoms with Crippen LogP contribution in [0.2, 0.25) is 0 Å². The fourth-order valence-corrected chi connectivity index (χ4v) is 3.13. The van der Waals surface area contributed by atoms with Gasteiger partial charge in [-0.05, 0) is 43.7 Å². The third-order valence-corrected chi connectivity index (χ3v) is 4.71. The molecule has 0 unspecified atom stereocenters. The average molecular weight is 418 g/mol. The van der Waals surface area contributed by atoms with Crippen LogP contribution in [0.15, 0.2) is 59.7 Å². The molecule has 4 aromatic rings. The topological polar surface area (TPSA) is 104 Å². The van der Waals surface area contributed by atoms with Crippen molar-refractivity contribution in [2.24, 2.45) is 0 Å². The lowest BCUT2D eigenvalue weighted by Crippen LogP contribution is -2.28. The first-order valence-corrected chi connectivity index (χ1v) is 9.90. The largest absolute Gasteiger partial charge is 0.494 e. The SMILES string of the molecule is CCOc1ccc(NC(=O)Cn2cnc3c(nnn3Cc3ccc(C)cc3)c2=O)cc1. The van der Waals surface area contributed by atoms with Crippen LogP contribution in [0.5, 0.6) is 5.75 Å². The molecule has 4 rings (SSSR count). The molecule has 0 saturated heterocycles. The zero-order valence-corrected chi connectivity index (χ0v) is 17.3. The van der Waals surface area contributed by atoms with Crippen molar-refractivity contribution in [2.75, 3.05) is 11.9 Å². The Morgan fingerprint density at radius 3 is 2.55 bits per heavy atom. The van der Waals surface area contributed by atoms with Crippen molar-refractivity contribution in [2.45, 2.75) is 26.9 Å². The van der Waals surface area contributed by atoms with Crippen molar-refractivity contribution < 1.29 is 9.53 Å². The highest BCUT2D eigenvalue weighted by Crippen LogP contribution is 2.15. The Morgan fingerprint density at radius 2 is 1.84 bits per heavy atom. The molecular formula is C22H22N6O3. The quantitative estimate of drug-likeness (QED) is 0.494. The predicted octanol–water partition coefficient (Wildman–Crippen LogP) is 2.38. The average Bonchev–Trinajstić information content (AvgIpc) is 3.17. The van der Waals surface area contributed by atoms with E-state index < -0.39 is 5.56 Å². The van der Waals surface area contributed by atoms with Crippen LogP contribution in [-0.4, -0.2) is 37.1 Å². The molecule has 0 bridgehead atoms. The van der Waals surface area contributed by atoms with Crippen LogP contribution in [0.25, 0.3) is 11.2 Å².